The predicted molar refractivity (Wildman–Crippen MR) is 196 cm³/mol. The van der Waals surface area contributed by atoms with E-state index in [-0.39, 0.29) is 48.2 Å². The number of nitrogens with one attached hydrogen (secondary N) is 1. The van der Waals surface area contributed by atoms with Gasteiger partial charge in [0.1, 0.15) is 17.7 Å². The highest BCUT2D eigenvalue weighted by molar-refractivity contribution is 9.09. The molecule has 1 unspecified atom stereocenters. The average molecular weight is 773 g/mol. The van der Waals surface area contributed by atoms with Crippen LogP contribution in [-0.2, 0) is 33.4 Å². The number of rotatable bonds is 19. The fourth-order valence-corrected chi connectivity index (χ4v) is 9.67. The minimum atomic E-state index is -1.23. The number of halogens is 1. The van der Waals surface area contributed by atoms with E-state index < -0.39 is 47.7 Å². The van der Waals surface area contributed by atoms with Gasteiger partial charge in [-0.1, -0.05) is 77.7 Å². The van der Waals surface area contributed by atoms with Gasteiger partial charge in [0.25, 0.3) is 0 Å². The van der Waals surface area contributed by atoms with Crippen molar-refractivity contribution in [3.05, 3.63) is 61.2 Å². The van der Waals surface area contributed by atoms with Crippen LogP contribution in [0.2, 0.25) is 0 Å². The molecule has 0 radical (unpaired) electrons. The second-order valence-corrected chi connectivity index (χ2v) is 15.5. The fourth-order valence-electron chi connectivity index (χ4n) is 8.72. The number of hydrogen-bond donors (Lipinski definition) is 2. The number of benzene rings is 1. The van der Waals surface area contributed by atoms with Gasteiger partial charge in [-0.25, -0.2) is 0 Å². The molecule has 3 saturated heterocycles. The van der Waals surface area contributed by atoms with Crippen molar-refractivity contribution in [2.75, 3.05) is 33.4 Å². The molecule has 1 aromatic carbocycles. The number of alkyl halides is 1. The minimum absolute atomic E-state index is 0.0382. The zero-order valence-corrected chi connectivity index (χ0v) is 31.3. The van der Waals surface area contributed by atoms with Crippen LogP contribution in [0.25, 0.3) is 0 Å². The number of unbranched alkanes of at least 4 members (excludes halogenated alkanes) is 2. The SMILES string of the molecule is C=CCCC(=O)N[C@H](COC)[C@H](OC(=O)[C@@H]1[C@H]2O[C@@]3(CC2Br)[C@H](C(=O)N(CC=C)C2CCCCC2)N(CCCCCO)C(=O)[C@@H]13)c1ccccc1. The highest BCUT2D eigenvalue weighted by atomic mass is 79.9. The van der Waals surface area contributed by atoms with Crippen molar-refractivity contribution in [2.24, 2.45) is 11.8 Å². The molecule has 11 nitrogen and oxygen atoms in total. The van der Waals surface area contributed by atoms with E-state index in [0.29, 0.717) is 50.8 Å². The second-order valence-electron chi connectivity index (χ2n) is 14.3. The lowest BCUT2D eigenvalue weighted by Gasteiger charge is -2.41. The summed E-state index contributed by atoms with van der Waals surface area (Å²) >= 11 is 3.77. The Kier molecular flexibility index (Phi) is 13.9. The molecule has 4 aliphatic rings. The molecule has 1 saturated carbocycles. The number of aliphatic hydroxyl groups is 1. The fraction of sp³-hybridized carbons (Fsp3) is 0.641. The Labute approximate surface area is 310 Å². The third-order valence-electron chi connectivity index (χ3n) is 11.0. The van der Waals surface area contributed by atoms with Crippen molar-refractivity contribution in [3.63, 3.8) is 0 Å². The van der Waals surface area contributed by atoms with Gasteiger partial charge >= 0.3 is 5.97 Å². The number of amides is 3. The number of aliphatic hydroxyl groups excluding tert-OH is 1. The van der Waals surface area contributed by atoms with E-state index in [4.69, 9.17) is 14.2 Å². The van der Waals surface area contributed by atoms with E-state index >= 15 is 0 Å². The first-order chi connectivity index (χ1) is 24.7. The van der Waals surface area contributed by atoms with Crippen molar-refractivity contribution in [3.8, 4) is 0 Å². The molecule has 3 heterocycles. The first kappa shape index (κ1) is 39.2. The van der Waals surface area contributed by atoms with Crippen LogP contribution < -0.4 is 5.32 Å². The summed E-state index contributed by atoms with van der Waals surface area (Å²) in [6, 6.07) is 7.57. The van der Waals surface area contributed by atoms with Crippen molar-refractivity contribution in [2.45, 2.75) is 111 Å². The number of esters is 1. The second kappa shape index (κ2) is 18.1. The average Bonchev–Trinajstić information content (AvgIpc) is 3.73. The summed E-state index contributed by atoms with van der Waals surface area (Å²) in [4.78, 5) is 60.2. The van der Waals surface area contributed by atoms with E-state index in [1.165, 1.54) is 7.11 Å². The summed E-state index contributed by atoms with van der Waals surface area (Å²) in [6.07, 6.45) is 9.73. The number of ether oxygens (including phenoxy) is 3. The summed E-state index contributed by atoms with van der Waals surface area (Å²) in [5.74, 6) is -3.22. The van der Waals surface area contributed by atoms with Gasteiger partial charge in [0.05, 0.1) is 30.6 Å². The van der Waals surface area contributed by atoms with Gasteiger partial charge in [-0.15, -0.1) is 13.2 Å². The smallest absolute Gasteiger partial charge is 0.313 e. The van der Waals surface area contributed by atoms with Gasteiger partial charge in [-0.2, -0.15) is 0 Å². The third-order valence-corrected chi connectivity index (χ3v) is 11.8. The summed E-state index contributed by atoms with van der Waals surface area (Å²) in [5.41, 5.74) is -0.565. The zero-order chi connectivity index (χ0) is 36.5. The molecular formula is C39H54BrN3O8. The van der Waals surface area contributed by atoms with E-state index in [1.54, 1.807) is 17.1 Å². The van der Waals surface area contributed by atoms with Gasteiger partial charge in [0.15, 0.2) is 0 Å². The molecule has 1 aromatic rings. The lowest BCUT2D eigenvalue weighted by Crippen LogP contribution is -2.58. The van der Waals surface area contributed by atoms with Crippen LogP contribution in [-0.4, -0.2) is 107 Å². The number of methoxy groups -OCH3 is 1. The lowest BCUT2D eigenvalue weighted by atomic mass is 9.70. The molecule has 280 valence electrons. The van der Waals surface area contributed by atoms with Crippen LogP contribution in [0.1, 0.15) is 82.3 Å². The summed E-state index contributed by atoms with van der Waals surface area (Å²) in [6.45, 7) is 8.43. The molecule has 4 fully saturated rings. The Morgan fingerprint density at radius 1 is 1.14 bits per heavy atom. The van der Waals surface area contributed by atoms with Crippen LogP contribution in [0.15, 0.2) is 55.6 Å². The van der Waals surface area contributed by atoms with Crippen LogP contribution in [0.5, 0.6) is 0 Å². The maximum atomic E-state index is 14.9. The van der Waals surface area contributed by atoms with Gasteiger partial charge in [-0.3, -0.25) is 19.2 Å². The number of carbonyl (C=O) groups excluding carboxylic acids is 4. The highest BCUT2D eigenvalue weighted by Crippen LogP contribution is 2.60. The quantitative estimate of drug-likeness (QED) is 0.0901. The first-order valence-electron chi connectivity index (χ1n) is 18.5. The molecule has 8 atom stereocenters. The Morgan fingerprint density at radius 3 is 2.55 bits per heavy atom. The number of fused-ring (bicyclic) bond motifs is 1. The van der Waals surface area contributed by atoms with Gasteiger partial charge in [0.2, 0.25) is 17.7 Å². The molecule has 0 aromatic heterocycles. The van der Waals surface area contributed by atoms with Crippen molar-refractivity contribution in [1.29, 1.82) is 0 Å². The molecule has 51 heavy (non-hydrogen) atoms. The maximum absolute atomic E-state index is 14.9. The molecule has 1 aliphatic carbocycles. The minimum Gasteiger partial charge on any atom is -0.455 e. The zero-order valence-electron chi connectivity index (χ0n) is 29.8. The molecular weight excluding hydrogens is 718 g/mol. The van der Waals surface area contributed by atoms with E-state index in [0.717, 1.165) is 32.1 Å². The number of hydrogen-bond acceptors (Lipinski definition) is 8. The highest BCUT2D eigenvalue weighted by Gasteiger charge is 2.77. The monoisotopic (exact) mass is 771 g/mol. The molecule has 5 rings (SSSR count). The number of likely N-dealkylation sites (tertiary alicyclic amines) is 1. The van der Waals surface area contributed by atoms with E-state index in [2.05, 4.69) is 34.4 Å². The largest absolute Gasteiger partial charge is 0.455 e. The van der Waals surface area contributed by atoms with Crippen molar-refractivity contribution >= 4 is 39.6 Å². The normalized spacial score (nSPS) is 28.2. The summed E-state index contributed by atoms with van der Waals surface area (Å²) in [7, 11) is 1.52. The summed E-state index contributed by atoms with van der Waals surface area (Å²) in [5, 5.41) is 12.4. The third kappa shape index (κ3) is 8.29. The van der Waals surface area contributed by atoms with Crippen LogP contribution in [0, 0.1) is 11.8 Å². The maximum Gasteiger partial charge on any atom is 0.313 e. The molecule has 2 bridgehead atoms. The van der Waals surface area contributed by atoms with E-state index in [1.807, 2.05) is 35.2 Å². The van der Waals surface area contributed by atoms with Crippen LogP contribution >= 0.6 is 15.9 Å². The number of nitrogens with zero attached hydrogens (tertiary/aromatic N) is 2. The van der Waals surface area contributed by atoms with Crippen LogP contribution in [0.3, 0.4) is 0 Å². The van der Waals surface area contributed by atoms with Gasteiger partial charge < -0.3 is 34.4 Å². The van der Waals surface area contributed by atoms with Gasteiger partial charge in [-0.05, 0) is 50.5 Å². The molecule has 1 spiro atoms. The molecule has 2 N–H and O–H groups in total. The van der Waals surface area contributed by atoms with E-state index in [9.17, 15) is 24.3 Å². The summed E-state index contributed by atoms with van der Waals surface area (Å²) < 4.78 is 18.6. The Balaban J connectivity index is 1.49. The number of allylic oxidation sites excluding steroid dienone is 1. The van der Waals surface area contributed by atoms with Gasteiger partial charge in [0, 0.05) is 44.1 Å². The topological polar surface area (TPSA) is 135 Å². The Hall–Kier alpha value is -3.06. The van der Waals surface area contributed by atoms with Crippen molar-refractivity contribution < 1.29 is 38.5 Å². The Morgan fingerprint density at radius 2 is 1.88 bits per heavy atom. The Bertz CT molecular complexity index is 1390. The predicted octanol–water partition coefficient (Wildman–Crippen LogP) is 4.63. The molecule has 3 aliphatic heterocycles. The molecule has 12 heteroatoms. The standard InChI is InChI=1S/C39H54BrN3O8/c1-4-6-20-30(45)41-29(25-49-3)33(26-16-10-7-11-17-26)50-38(48)31-32-36(46)43(22-14-9-15-23-44)35(39(32)24-28(40)34(31)51-39)37(47)42(21-5-2)27-18-12-8-13-19-27/h4-5,7,10-11,16-17,27-29,31-35,44H,1-2,6,8-9,12-15,18-25H2,3H3,(H,41,45)/t28?,29-,31+,32-,33-,34+,35+,39-/m1/s1. The van der Waals surface area contributed by atoms with Crippen LogP contribution in [0.4, 0.5) is 0 Å². The molecule has 3 amide bonds. The first-order valence-corrected chi connectivity index (χ1v) is 19.4. The number of carbonyl (C=O) groups is 4. The lowest BCUT2D eigenvalue weighted by molar-refractivity contribution is -0.163. The van der Waals surface area contributed by atoms with Crippen molar-refractivity contribution in [1.82, 2.24) is 15.1 Å².